The molecule has 0 saturated carbocycles. The van der Waals surface area contributed by atoms with Gasteiger partial charge in [0.15, 0.2) is 0 Å². The average molecular weight is 278 g/mol. The van der Waals surface area contributed by atoms with Crippen molar-refractivity contribution in [1.29, 1.82) is 0 Å². The standard InChI is InChI=1S/C14H16ClN3O/c1-10-8-13(17-14(15)16-10)18(2)9-11-6-4-5-7-12(11)19-3/h4-8H,9H2,1-3H3. The second kappa shape index (κ2) is 5.89. The van der Waals surface area contributed by atoms with Gasteiger partial charge in [-0.1, -0.05) is 18.2 Å². The van der Waals surface area contributed by atoms with Crippen LogP contribution in [0.25, 0.3) is 0 Å². The lowest BCUT2D eigenvalue weighted by Gasteiger charge is -2.20. The van der Waals surface area contributed by atoms with Crippen LogP contribution < -0.4 is 9.64 Å². The van der Waals surface area contributed by atoms with Crippen molar-refractivity contribution in [3.05, 3.63) is 46.9 Å². The highest BCUT2D eigenvalue weighted by molar-refractivity contribution is 6.28. The molecule has 0 aliphatic carbocycles. The molecule has 2 aromatic rings. The topological polar surface area (TPSA) is 38.2 Å². The largest absolute Gasteiger partial charge is 0.496 e. The van der Waals surface area contributed by atoms with E-state index in [4.69, 9.17) is 16.3 Å². The number of anilines is 1. The maximum absolute atomic E-state index is 5.88. The van der Waals surface area contributed by atoms with Gasteiger partial charge in [-0.2, -0.15) is 0 Å². The Kier molecular flexibility index (Phi) is 4.22. The third-order valence-electron chi connectivity index (χ3n) is 2.80. The minimum Gasteiger partial charge on any atom is -0.496 e. The van der Waals surface area contributed by atoms with Crippen molar-refractivity contribution in [3.63, 3.8) is 0 Å². The number of benzene rings is 1. The monoisotopic (exact) mass is 277 g/mol. The third kappa shape index (κ3) is 3.35. The molecule has 0 saturated heterocycles. The molecule has 0 unspecified atom stereocenters. The van der Waals surface area contributed by atoms with E-state index < -0.39 is 0 Å². The first-order chi connectivity index (χ1) is 9.10. The fourth-order valence-electron chi connectivity index (χ4n) is 1.88. The lowest BCUT2D eigenvalue weighted by molar-refractivity contribution is 0.409. The molecule has 0 fully saturated rings. The van der Waals surface area contributed by atoms with Crippen molar-refractivity contribution < 1.29 is 4.74 Å². The van der Waals surface area contributed by atoms with E-state index in [2.05, 4.69) is 9.97 Å². The second-order valence-electron chi connectivity index (χ2n) is 4.30. The smallest absolute Gasteiger partial charge is 0.224 e. The van der Waals surface area contributed by atoms with Crippen LogP contribution in [0.15, 0.2) is 30.3 Å². The van der Waals surface area contributed by atoms with Crippen molar-refractivity contribution in [2.75, 3.05) is 19.1 Å². The number of halogens is 1. The number of rotatable bonds is 4. The van der Waals surface area contributed by atoms with Gasteiger partial charge in [0.25, 0.3) is 0 Å². The van der Waals surface area contributed by atoms with Gasteiger partial charge in [-0.15, -0.1) is 0 Å². The van der Waals surface area contributed by atoms with Gasteiger partial charge in [-0.25, -0.2) is 9.97 Å². The lowest BCUT2D eigenvalue weighted by Crippen LogP contribution is -2.18. The van der Waals surface area contributed by atoms with Crippen LogP contribution in [0.2, 0.25) is 5.28 Å². The number of aromatic nitrogens is 2. The van der Waals surface area contributed by atoms with Gasteiger partial charge in [0, 0.05) is 30.9 Å². The van der Waals surface area contributed by atoms with Gasteiger partial charge in [0.2, 0.25) is 5.28 Å². The molecule has 0 aliphatic rings. The minimum atomic E-state index is 0.266. The number of methoxy groups -OCH3 is 1. The van der Waals surface area contributed by atoms with E-state index in [9.17, 15) is 0 Å². The van der Waals surface area contributed by atoms with Crippen LogP contribution in [-0.4, -0.2) is 24.1 Å². The Bertz CT molecular complexity index is 554. The fourth-order valence-corrected chi connectivity index (χ4v) is 2.10. The summed E-state index contributed by atoms with van der Waals surface area (Å²) in [5, 5.41) is 0.266. The fraction of sp³-hybridized carbons (Fsp3) is 0.286. The Morgan fingerprint density at radius 1 is 1.26 bits per heavy atom. The van der Waals surface area contributed by atoms with E-state index in [0.29, 0.717) is 6.54 Å². The molecule has 1 aromatic heterocycles. The van der Waals surface area contributed by atoms with Crippen molar-refractivity contribution in [3.8, 4) is 5.75 Å². The zero-order chi connectivity index (χ0) is 13.8. The molecule has 0 bridgehead atoms. The van der Waals surface area contributed by atoms with Crippen LogP contribution in [-0.2, 0) is 6.54 Å². The molecule has 0 atom stereocenters. The maximum atomic E-state index is 5.88. The van der Waals surface area contributed by atoms with Crippen LogP contribution >= 0.6 is 11.6 Å². The van der Waals surface area contributed by atoms with Gasteiger partial charge >= 0.3 is 0 Å². The Morgan fingerprint density at radius 3 is 2.68 bits per heavy atom. The van der Waals surface area contributed by atoms with E-state index in [-0.39, 0.29) is 5.28 Å². The van der Waals surface area contributed by atoms with Gasteiger partial charge < -0.3 is 9.64 Å². The molecule has 19 heavy (non-hydrogen) atoms. The Labute approximate surface area is 118 Å². The van der Waals surface area contributed by atoms with Gasteiger partial charge in [0.05, 0.1) is 7.11 Å². The minimum absolute atomic E-state index is 0.266. The first-order valence-electron chi connectivity index (χ1n) is 5.94. The van der Waals surface area contributed by atoms with E-state index in [1.54, 1.807) is 7.11 Å². The predicted molar refractivity (Wildman–Crippen MR) is 76.9 cm³/mol. The predicted octanol–water partition coefficient (Wildman–Crippen LogP) is 3.08. The zero-order valence-electron chi connectivity index (χ0n) is 11.2. The molecular weight excluding hydrogens is 262 g/mol. The van der Waals surface area contributed by atoms with Crippen molar-refractivity contribution >= 4 is 17.4 Å². The molecule has 0 radical (unpaired) electrons. The Hall–Kier alpha value is -1.81. The number of ether oxygens (including phenoxy) is 1. The molecular formula is C14H16ClN3O. The second-order valence-corrected chi connectivity index (χ2v) is 4.64. The van der Waals surface area contributed by atoms with Gasteiger partial charge in [-0.3, -0.25) is 0 Å². The number of nitrogens with zero attached hydrogens (tertiary/aromatic N) is 3. The molecule has 0 amide bonds. The van der Waals surface area contributed by atoms with E-state index in [0.717, 1.165) is 22.8 Å². The molecule has 1 heterocycles. The molecule has 1 aromatic carbocycles. The highest BCUT2D eigenvalue weighted by atomic mass is 35.5. The molecule has 0 aliphatic heterocycles. The molecule has 0 spiro atoms. The van der Waals surface area contributed by atoms with E-state index in [1.165, 1.54) is 0 Å². The number of hydrogen-bond acceptors (Lipinski definition) is 4. The van der Waals surface area contributed by atoms with E-state index >= 15 is 0 Å². The maximum Gasteiger partial charge on any atom is 0.224 e. The van der Waals surface area contributed by atoms with Crippen molar-refractivity contribution in [2.45, 2.75) is 13.5 Å². The summed E-state index contributed by atoms with van der Waals surface area (Å²) >= 11 is 5.88. The number of para-hydroxylation sites is 1. The lowest BCUT2D eigenvalue weighted by atomic mass is 10.2. The summed E-state index contributed by atoms with van der Waals surface area (Å²) in [6, 6.07) is 9.82. The highest BCUT2D eigenvalue weighted by Crippen LogP contribution is 2.22. The Morgan fingerprint density at radius 2 is 2.00 bits per heavy atom. The quantitative estimate of drug-likeness (QED) is 0.805. The molecule has 2 rings (SSSR count). The van der Waals surface area contributed by atoms with Crippen molar-refractivity contribution in [2.24, 2.45) is 0 Å². The van der Waals surface area contributed by atoms with Crippen LogP contribution in [0.4, 0.5) is 5.82 Å². The highest BCUT2D eigenvalue weighted by Gasteiger charge is 2.09. The molecule has 100 valence electrons. The summed E-state index contributed by atoms with van der Waals surface area (Å²) < 4.78 is 5.34. The average Bonchev–Trinajstić information content (AvgIpc) is 2.38. The summed E-state index contributed by atoms with van der Waals surface area (Å²) in [7, 11) is 3.63. The normalized spacial score (nSPS) is 10.3. The summed E-state index contributed by atoms with van der Waals surface area (Å²) in [5.41, 5.74) is 1.95. The number of hydrogen-bond donors (Lipinski definition) is 0. The summed E-state index contributed by atoms with van der Waals surface area (Å²) in [5.74, 6) is 1.66. The summed E-state index contributed by atoms with van der Waals surface area (Å²) in [4.78, 5) is 10.3. The third-order valence-corrected chi connectivity index (χ3v) is 2.97. The van der Waals surface area contributed by atoms with Gasteiger partial charge in [0.1, 0.15) is 11.6 Å². The van der Waals surface area contributed by atoms with Crippen LogP contribution in [0, 0.1) is 6.92 Å². The van der Waals surface area contributed by atoms with Crippen LogP contribution in [0.5, 0.6) is 5.75 Å². The summed E-state index contributed by atoms with van der Waals surface area (Å²) in [6.07, 6.45) is 0. The van der Waals surface area contributed by atoms with E-state index in [1.807, 2.05) is 49.2 Å². The van der Waals surface area contributed by atoms with Crippen LogP contribution in [0.1, 0.15) is 11.3 Å². The zero-order valence-corrected chi connectivity index (χ0v) is 12.0. The molecule has 5 heteroatoms. The Balaban J connectivity index is 2.22. The van der Waals surface area contributed by atoms with Crippen molar-refractivity contribution in [1.82, 2.24) is 9.97 Å². The first-order valence-corrected chi connectivity index (χ1v) is 6.32. The SMILES string of the molecule is COc1ccccc1CN(C)c1cc(C)nc(Cl)n1. The van der Waals surface area contributed by atoms with Crippen LogP contribution in [0.3, 0.4) is 0 Å². The molecule has 0 N–H and O–H groups in total. The van der Waals surface area contributed by atoms with Gasteiger partial charge in [-0.05, 0) is 24.6 Å². The first kappa shape index (κ1) is 13.6. The molecule has 4 nitrogen and oxygen atoms in total. The number of aryl methyl sites for hydroxylation is 1. The summed E-state index contributed by atoms with van der Waals surface area (Å²) in [6.45, 7) is 2.59.